The van der Waals surface area contributed by atoms with Gasteiger partial charge < -0.3 is 5.11 Å². The van der Waals surface area contributed by atoms with Crippen LogP contribution >= 0.6 is 11.8 Å². The first-order chi connectivity index (χ1) is 7.00. The van der Waals surface area contributed by atoms with Gasteiger partial charge in [0.05, 0.1) is 5.92 Å². The number of carboxylic acid groups (broad SMARTS) is 1. The number of carbonyl (C=O) groups is 1. The molecule has 3 heteroatoms. The Hall–Kier alpha value is -0.960. The van der Waals surface area contributed by atoms with Gasteiger partial charge in [-0.3, -0.25) is 4.79 Å². The average molecular weight is 224 g/mol. The lowest BCUT2D eigenvalue weighted by atomic mass is 10.2. The molecule has 15 heavy (non-hydrogen) atoms. The van der Waals surface area contributed by atoms with Gasteiger partial charge in [0.15, 0.2) is 0 Å². The summed E-state index contributed by atoms with van der Waals surface area (Å²) >= 11 is 1.62. The minimum atomic E-state index is -0.729. The summed E-state index contributed by atoms with van der Waals surface area (Å²) in [5, 5.41) is 8.77. The molecule has 0 aliphatic heterocycles. The molecule has 0 aromatic heterocycles. The summed E-state index contributed by atoms with van der Waals surface area (Å²) in [5.41, 5.74) is 2.43. The Morgan fingerprint density at radius 2 is 2.13 bits per heavy atom. The number of benzene rings is 1. The number of rotatable bonds is 4. The van der Waals surface area contributed by atoms with E-state index >= 15 is 0 Å². The van der Waals surface area contributed by atoms with Gasteiger partial charge in [0.1, 0.15) is 0 Å². The van der Waals surface area contributed by atoms with Gasteiger partial charge in [0.25, 0.3) is 0 Å². The molecule has 1 aromatic rings. The molecule has 0 saturated heterocycles. The molecule has 0 heterocycles. The molecular formula is C12H16O2S. The van der Waals surface area contributed by atoms with E-state index in [1.54, 1.807) is 18.7 Å². The molecule has 0 aliphatic rings. The van der Waals surface area contributed by atoms with Crippen LogP contribution < -0.4 is 0 Å². The monoisotopic (exact) mass is 224 g/mol. The van der Waals surface area contributed by atoms with Crippen molar-refractivity contribution in [3.63, 3.8) is 0 Å². The lowest BCUT2D eigenvalue weighted by Gasteiger charge is -2.08. The Labute approximate surface area is 94.7 Å². The van der Waals surface area contributed by atoms with Gasteiger partial charge in [-0.05, 0) is 25.5 Å². The van der Waals surface area contributed by atoms with E-state index in [1.807, 2.05) is 13.8 Å². The van der Waals surface area contributed by atoms with Crippen molar-refractivity contribution in [1.82, 2.24) is 0 Å². The van der Waals surface area contributed by atoms with E-state index in [1.165, 1.54) is 16.0 Å². The van der Waals surface area contributed by atoms with E-state index in [0.717, 1.165) is 0 Å². The first-order valence-electron chi connectivity index (χ1n) is 4.93. The fourth-order valence-electron chi connectivity index (χ4n) is 1.15. The molecule has 82 valence electrons. The van der Waals surface area contributed by atoms with Crippen LogP contribution in [0, 0.1) is 19.8 Å². The summed E-state index contributed by atoms with van der Waals surface area (Å²) in [6, 6.07) is 6.25. The Kier molecular flexibility index (Phi) is 4.21. The van der Waals surface area contributed by atoms with Crippen LogP contribution in [-0.4, -0.2) is 16.8 Å². The zero-order chi connectivity index (χ0) is 11.4. The second kappa shape index (κ2) is 5.21. The van der Waals surface area contributed by atoms with Crippen molar-refractivity contribution in [2.75, 3.05) is 5.75 Å². The van der Waals surface area contributed by atoms with Crippen molar-refractivity contribution in [2.45, 2.75) is 25.7 Å². The molecule has 1 atom stereocenters. The largest absolute Gasteiger partial charge is 0.481 e. The average Bonchev–Trinajstić information content (AvgIpc) is 2.18. The van der Waals surface area contributed by atoms with Gasteiger partial charge in [0, 0.05) is 10.6 Å². The van der Waals surface area contributed by atoms with Crippen molar-refractivity contribution in [2.24, 2.45) is 5.92 Å². The Bertz CT molecular complexity index is 361. The third-order valence-corrected chi connectivity index (χ3v) is 3.67. The summed E-state index contributed by atoms with van der Waals surface area (Å²) in [5.74, 6) is -0.401. The summed E-state index contributed by atoms with van der Waals surface area (Å²) in [7, 11) is 0. The lowest BCUT2D eigenvalue weighted by molar-refractivity contribution is -0.140. The molecule has 1 aromatic carbocycles. The number of hydrogen-bond donors (Lipinski definition) is 1. The first-order valence-corrected chi connectivity index (χ1v) is 5.92. The van der Waals surface area contributed by atoms with E-state index in [-0.39, 0.29) is 5.92 Å². The molecule has 1 N–H and O–H groups in total. The normalized spacial score (nSPS) is 12.5. The van der Waals surface area contributed by atoms with E-state index in [0.29, 0.717) is 5.75 Å². The van der Waals surface area contributed by atoms with Gasteiger partial charge in [-0.2, -0.15) is 0 Å². The van der Waals surface area contributed by atoms with Crippen LogP contribution in [0.4, 0.5) is 0 Å². The number of hydrogen-bond acceptors (Lipinski definition) is 2. The van der Waals surface area contributed by atoms with Gasteiger partial charge in [0.2, 0.25) is 0 Å². The zero-order valence-corrected chi connectivity index (χ0v) is 10.1. The second-order valence-corrected chi connectivity index (χ2v) is 4.88. The highest BCUT2D eigenvalue weighted by Gasteiger charge is 2.11. The highest BCUT2D eigenvalue weighted by molar-refractivity contribution is 7.99. The first kappa shape index (κ1) is 12.1. The Morgan fingerprint density at radius 3 is 2.73 bits per heavy atom. The molecule has 0 radical (unpaired) electrons. The molecule has 1 rings (SSSR count). The van der Waals surface area contributed by atoms with E-state index in [4.69, 9.17) is 5.11 Å². The van der Waals surface area contributed by atoms with Crippen LogP contribution in [0.2, 0.25) is 0 Å². The van der Waals surface area contributed by atoms with Gasteiger partial charge in [-0.15, -0.1) is 11.8 Å². The molecule has 0 fully saturated rings. The highest BCUT2D eigenvalue weighted by Crippen LogP contribution is 2.25. The highest BCUT2D eigenvalue weighted by atomic mass is 32.2. The van der Waals surface area contributed by atoms with Crippen molar-refractivity contribution in [3.05, 3.63) is 29.3 Å². The maximum absolute atomic E-state index is 10.7. The third-order valence-electron chi connectivity index (χ3n) is 2.25. The van der Waals surface area contributed by atoms with Crippen LogP contribution in [-0.2, 0) is 4.79 Å². The van der Waals surface area contributed by atoms with Gasteiger partial charge in [-0.25, -0.2) is 0 Å². The molecule has 0 spiro atoms. The van der Waals surface area contributed by atoms with Crippen molar-refractivity contribution >= 4 is 17.7 Å². The SMILES string of the molecule is Cc1ccc(C)c(SCC(C)C(=O)O)c1. The fourth-order valence-corrected chi connectivity index (χ4v) is 2.29. The number of carboxylic acids is 1. The summed E-state index contributed by atoms with van der Waals surface area (Å²) < 4.78 is 0. The second-order valence-electron chi connectivity index (χ2n) is 3.82. The molecule has 0 aliphatic carbocycles. The predicted octanol–water partition coefficient (Wildman–Crippen LogP) is 3.12. The van der Waals surface area contributed by atoms with Crippen molar-refractivity contribution in [3.8, 4) is 0 Å². The lowest BCUT2D eigenvalue weighted by Crippen LogP contribution is -2.11. The topological polar surface area (TPSA) is 37.3 Å². The summed E-state index contributed by atoms with van der Waals surface area (Å²) in [4.78, 5) is 11.8. The number of aryl methyl sites for hydroxylation is 2. The summed E-state index contributed by atoms with van der Waals surface area (Å²) in [6.45, 7) is 5.83. The Morgan fingerprint density at radius 1 is 1.47 bits per heavy atom. The smallest absolute Gasteiger partial charge is 0.307 e. The molecular weight excluding hydrogens is 208 g/mol. The number of thioether (sulfide) groups is 1. The molecule has 1 unspecified atom stereocenters. The van der Waals surface area contributed by atoms with E-state index < -0.39 is 5.97 Å². The molecule has 0 bridgehead atoms. The standard InChI is InChI=1S/C12H16O2S/c1-8-4-5-9(2)11(6-8)15-7-10(3)12(13)14/h4-6,10H,7H2,1-3H3,(H,13,14). The van der Waals surface area contributed by atoms with Crippen molar-refractivity contribution < 1.29 is 9.90 Å². The van der Waals surface area contributed by atoms with E-state index in [9.17, 15) is 4.79 Å². The maximum atomic E-state index is 10.7. The minimum Gasteiger partial charge on any atom is -0.481 e. The van der Waals surface area contributed by atoms with Gasteiger partial charge >= 0.3 is 5.97 Å². The zero-order valence-electron chi connectivity index (χ0n) is 9.28. The van der Waals surface area contributed by atoms with Crippen LogP contribution in [0.1, 0.15) is 18.1 Å². The van der Waals surface area contributed by atoms with E-state index in [2.05, 4.69) is 18.2 Å². The van der Waals surface area contributed by atoms with Crippen LogP contribution in [0.15, 0.2) is 23.1 Å². The minimum absolute atomic E-state index is 0.296. The van der Waals surface area contributed by atoms with Crippen molar-refractivity contribution in [1.29, 1.82) is 0 Å². The quantitative estimate of drug-likeness (QED) is 0.798. The molecule has 0 saturated carbocycles. The van der Waals surface area contributed by atoms with Crippen LogP contribution in [0.25, 0.3) is 0 Å². The third kappa shape index (κ3) is 3.59. The Balaban J connectivity index is 2.65. The number of aliphatic carboxylic acids is 1. The molecule has 2 nitrogen and oxygen atoms in total. The summed E-state index contributed by atoms with van der Waals surface area (Å²) in [6.07, 6.45) is 0. The van der Waals surface area contributed by atoms with Crippen LogP contribution in [0.5, 0.6) is 0 Å². The predicted molar refractivity (Wildman–Crippen MR) is 63.4 cm³/mol. The van der Waals surface area contributed by atoms with Gasteiger partial charge in [-0.1, -0.05) is 24.6 Å². The maximum Gasteiger partial charge on any atom is 0.307 e. The fraction of sp³-hybridized carbons (Fsp3) is 0.417. The van der Waals surface area contributed by atoms with Crippen LogP contribution in [0.3, 0.4) is 0 Å². The molecule has 0 amide bonds.